The van der Waals surface area contributed by atoms with Crippen LogP contribution < -0.4 is 4.74 Å². The highest BCUT2D eigenvalue weighted by Gasteiger charge is 2.12. The number of carbonyl (C=O) groups is 1. The standard InChI is InChI=1S/C32H21N3O4/c36-32(37)29-20-28(18-19-33-29)38-27-16-14-24(15-17-27)23-8-12-26(13-9-23)31-35-34-30(39-31)25-10-6-22(7-11-25)21-4-2-1-3-5-21/h1-20H,(H,36,37). The van der Waals surface area contributed by atoms with Gasteiger partial charge < -0.3 is 14.3 Å². The van der Waals surface area contributed by atoms with Crippen LogP contribution in [0.1, 0.15) is 10.5 Å². The van der Waals surface area contributed by atoms with E-state index in [1.807, 2.05) is 91.0 Å². The fourth-order valence-electron chi connectivity index (χ4n) is 4.14. The van der Waals surface area contributed by atoms with Crippen LogP contribution in [0, 0.1) is 0 Å². The fourth-order valence-corrected chi connectivity index (χ4v) is 4.14. The van der Waals surface area contributed by atoms with Crippen LogP contribution in [0.2, 0.25) is 0 Å². The first-order chi connectivity index (χ1) is 19.1. The van der Waals surface area contributed by atoms with Crippen molar-refractivity contribution in [2.24, 2.45) is 0 Å². The first-order valence-corrected chi connectivity index (χ1v) is 12.2. The summed E-state index contributed by atoms with van der Waals surface area (Å²) in [5.41, 5.74) is 5.90. The highest BCUT2D eigenvalue weighted by molar-refractivity contribution is 5.85. The van der Waals surface area contributed by atoms with Gasteiger partial charge in [-0.3, -0.25) is 0 Å². The topological polar surface area (TPSA) is 98.3 Å². The molecule has 7 heteroatoms. The molecule has 0 aliphatic heterocycles. The summed E-state index contributed by atoms with van der Waals surface area (Å²) < 4.78 is 11.7. The van der Waals surface area contributed by atoms with Gasteiger partial charge in [-0.1, -0.05) is 66.7 Å². The maximum absolute atomic E-state index is 11.1. The zero-order valence-corrected chi connectivity index (χ0v) is 20.6. The Morgan fingerprint density at radius 2 is 1.08 bits per heavy atom. The molecule has 0 saturated carbocycles. The van der Waals surface area contributed by atoms with Gasteiger partial charge in [-0.25, -0.2) is 9.78 Å². The number of benzene rings is 4. The van der Waals surface area contributed by atoms with Gasteiger partial charge in [-0.05, 0) is 64.7 Å². The highest BCUT2D eigenvalue weighted by atomic mass is 16.5. The molecule has 0 saturated heterocycles. The second-order valence-corrected chi connectivity index (χ2v) is 8.74. The van der Waals surface area contributed by atoms with Gasteiger partial charge in [-0.15, -0.1) is 10.2 Å². The predicted octanol–water partition coefficient (Wildman–Crippen LogP) is 7.62. The van der Waals surface area contributed by atoms with Crippen LogP contribution in [0.3, 0.4) is 0 Å². The van der Waals surface area contributed by atoms with Crippen LogP contribution in [0.4, 0.5) is 0 Å². The van der Waals surface area contributed by atoms with Gasteiger partial charge in [-0.2, -0.15) is 0 Å². The van der Waals surface area contributed by atoms with Crippen LogP contribution in [-0.4, -0.2) is 26.3 Å². The van der Waals surface area contributed by atoms with Crippen molar-refractivity contribution in [2.45, 2.75) is 0 Å². The van der Waals surface area contributed by atoms with Crippen LogP contribution in [0.15, 0.2) is 126 Å². The molecule has 7 nitrogen and oxygen atoms in total. The Morgan fingerprint density at radius 1 is 0.590 bits per heavy atom. The molecule has 0 aliphatic carbocycles. The Bertz CT molecular complexity index is 1730. The molecule has 0 fully saturated rings. The molecule has 1 N–H and O–H groups in total. The Kier molecular flexibility index (Phi) is 6.37. The molecule has 0 radical (unpaired) electrons. The second-order valence-electron chi connectivity index (χ2n) is 8.74. The molecule has 0 aliphatic rings. The van der Waals surface area contributed by atoms with Gasteiger partial charge in [0.1, 0.15) is 11.5 Å². The minimum atomic E-state index is -1.10. The predicted molar refractivity (Wildman–Crippen MR) is 147 cm³/mol. The van der Waals surface area contributed by atoms with E-state index < -0.39 is 5.97 Å². The van der Waals surface area contributed by atoms with E-state index >= 15 is 0 Å². The van der Waals surface area contributed by atoms with Crippen LogP contribution in [0.25, 0.3) is 45.2 Å². The van der Waals surface area contributed by atoms with Gasteiger partial charge in [0.15, 0.2) is 5.69 Å². The average molecular weight is 512 g/mol. The van der Waals surface area contributed by atoms with Crippen molar-refractivity contribution in [1.29, 1.82) is 0 Å². The number of pyridine rings is 1. The first-order valence-electron chi connectivity index (χ1n) is 12.2. The molecule has 188 valence electrons. The zero-order valence-electron chi connectivity index (χ0n) is 20.6. The SMILES string of the molecule is O=C(O)c1cc(Oc2ccc(-c3ccc(-c4nnc(-c5ccc(-c6ccccc6)cc5)o4)cc3)cc2)ccn1. The Morgan fingerprint density at radius 3 is 1.62 bits per heavy atom. The number of hydrogen-bond acceptors (Lipinski definition) is 6. The number of nitrogens with zero attached hydrogens (tertiary/aromatic N) is 3. The maximum Gasteiger partial charge on any atom is 0.354 e. The average Bonchev–Trinajstić information content (AvgIpc) is 3.49. The minimum Gasteiger partial charge on any atom is -0.477 e. The molecule has 2 aromatic heterocycles. The zero-order chi connectivity index (χ0) is 26.6. The molecule has 0 spiro atoms. The van der Waals surface area contributed by atoms with E-state index in [0.29, 0.717) is 23.3 Å². The molecular weight excluding hydrogens is 490 g/mol. The van der Waals surface area contributed by atoms with Crippen LogP contribution in [-0.2, 0) is 0 Å². The highest BCUT2D eigenvalue weighted by Crippen LogP contribution is 2.30. The van der Waals surface area contributed by atoms with E-state index in [2.05, 4.69) is 27.3 Å². The number of rotatable bonds is 7. The Hall–Kier alpha value is -5.56. The molecule has 4 aromatic carbocycles. The molecule has 6 rings (SSSR count). The monoisotopic (exact) mass is 511 g/mol. The van der Waals surface area contributed by atoms with E-state index in [9.17, 15) is 4.79 Å². The molecule has 2 heterocycles. The lowest BCUT2D eigenvalue weighted by Gasteiger charge is -2.08. The van der Waals surface area contributed by atoms with Crippen LogP contribution >= 0.6 is 0 Å². The van der Waals surface area contributed by atoms with E-state index in [1.54, 1.807) is 6.07 Å². The number of carboxylic acid groups (broad SMARTS) is 1. The third-order valence-corrected chi connectivity index (χ3v) is 6.17. The van der Waals surface area contributed by atoms with Gasteiger partial charge in [0.25, 0.3) is 0 Å². The van der Waals surface area contributed by atoms with Crippen molar-refractivity contribution >= 4 is 5.97 Å². The summed E-state index contributed by atoms with van der Waals surface area (Å²) in [7, 11) is 0. The number of carboxylic acids is 1. The fraction of sp³-hybridized carbons (Fsp3) is 0. The van der Waals surface area contributed by atoms with Crippen molar-refractivity contribution < 1.29 is 19.1 Å². The van der Waals surface area contributed by atoms with Gasteiger partial charge in [0, 0.05) is 23.4 Å². The third kappa shape index (κ3) is 5.28. The maximum atomic E-state index is 11.1. The van der Waals surface area contributed by atoms with Crippen molar-refractivity contribution in [2.75, 3.05) is 0 Å². The number of hydrogen-bond donors (Lipinski definition) is 1. The lowest BCUT2D eigenvalue weighted by molar-refractivity contribution is 0.0690. The summed E-state index contributed by atoms with van der Waals surface area (Å²) in [5.74, 6) is 0.812. The van der Waals surface area contributed by atoms with Crippen molar-refractivity contribution in [3.8, 4) is 56.7 Å². The van der Waals surface area contributed by atoms with Crippen LogP contribution in [0.5, 0.6) is 11.5 Å². The number of aromatic nitrogens is 3. The first kappa shape index (κ1) is 23.8. The Balaban J connectivity index is 1.14. The van der Waals surface area contributed by atoms with E-state index in [1.165, 1.54) is 12.3 Å². The Labute approximate surface area is 224 Å². The third-order valence-electron chi connectivity index (χ3n) is 6.17. The van der Waals surface area contributed by atoms with Gasteiger partial charge >= 0.3 is 5.97 Å². The quantitative estimate of drug-likeness (QED) is 0.235. The number of ether oxygens (including phenoxy) is 1. The summed E-state index contributed by atoms with van der Waals surface area (Å²) >= 11 is 0. The minimum absolute atomic E-state index is 0.0708. The van der Waals surface area contributed by atoms with E-state index in [4.69, 9.17) is 14.3 Å². The molecule has 39 heavy (non-hydrogen) atoms. The summed E-state index contributed by atoms with van der Waals surface area (Å²) in [5, 5.41) is 17.6. The van der Waals surface area contributed by atoms with Crippen molar-refractivity contribution in [1.82, 2.24) is 15.2 Å². The molecule has 0 amide bonds. The number of aromatic carboxylic acids is 1. The second kappa shape index (κ2) is 10.4. The molecule has 6 aromatic rings. The van der Waals surface area contributed by atoms with E-state index in [-0.39, 0.29) is 5.69 Å². The largest absolute Gasteiger partial charge is 0.477 e. The molecular formula is C32H21N3O4. The van der Waals surface area contributed by atoms with Gasteiger partial charge in [0.2, 0.25) is 11.8 Å². The molecule has 0 bridgehead atoms. The molecule has 0 unspecified atom stereocenters. The summed E-state index contributed by atoms with van der Waals surface area (Å²) in [4.78, 5) is 14.9. The lowest BCUT2D eigenvalue weighted by Crippen LogP contribution is -1.99. The lowest BCUT2D eigenvalue weighted by atomic mass is 10.0. The van der Waals surface area contributed by atoms with Crippen molar-refractivity contribution in [3.63, 3.8) is 0 Å². The summed E-state index contributed by atoms with van der Waals surface area (Å²) in [6.07, 6.45) is 1.41. The van der Waals surface area contributed by atoms with E-state index in [0.717, 1.165) is 33.4 Å². The summed E-state index contributed by atoms with van der Waals surface area (Å²) in [6, 6.07) is 36.7. The van der Waals surface area contributed by atoms with Crippen molar-refractivity contribution in [3.05, 3.63) is 127 Å². The van der Waals surface area contributed by atoms with Gasteiger partial charge in [0.05, 0.1) is 0 Å². The molecule has 0 atom stereocenters. The smallest absolute Gasteiger partial charge is 0.354 e. The summed E-state index contributed by atoms with van der Waals surface area (Å²) in [6.45, 7) is 0. The normalized spacial score (nSPS) is 10.8.